The lowest BCUT2D eigenvalue weighted by Crippen LogP contribution is -2.49. The number of carboxylic acids is 1. The van der Waals surface area contributed by atoms with Gasteiger partial charge in [0, 0.05) is 12.3 Å². The van der Waals surface area contributed by atoms with Crippen LogP contribution in [0.4, 0.5) is 0 Å². The molecule has 0 aromatic carbocycles. The molecule has 11 nitrogen and oxygen atoms in total. The van der Waals surface area contributed by atoms with Crippen LogP contribution >= 0.6 is 12.6 Å². The molecule has 0 aliphatic heterocycles. The van der Waals surface area contributed by atoms with Gasteiger partial charge in [-0.2, -0.15) is 12.6 Å². The number of nitrogens with one attached hydrogen (secondary N) is 2. The monoisotopic (exact) mass is 322 g/mol. The molecule has 0 radical (unpaired) electrons. The van der Waals surface area contributed by atoms with Gasteiger partial charge < -0.3 is 21.9 Å². The predicted molar refractivity (Wildman–Crippen MR) is 77.2 cm³/mol. The van der Waals surface area contributed by atoms with Crippen molar-refractivity contribution < 1.29 is 19.7 Å². The highest BCUT2D eigenvalue weighted by atomic mass is 32.1. The first kappa shape index (κ1) is 18.9. The van der Waals surface area contributed by atoms with E-state index in [1.807, 2.05) is 0 Å². The Hall–Kier alpha value is -2.08. The number of hydrogen-bond acceptors (Lipinski definition) is 7. The minimum Gasteiger partial charge on any atom is -0.480 e. The number of amides is 1. The van der Waals surface area contributed by atoms with Crippen LogP contribution in [0.1, 0.15) is 12.8 Å². The van der Waals surface area contributed by atoms with Crippen molar-refractivity contribution in [2.75, 3.05) is 12.3 Å². The Labute approximate surface area is 125 Å². The molecule has 0 aromatic rings. The van der Waals surface area contributed by atoms with Gasteiger partial charge in [0.25, 0.3) is 5.96 Å². The number of nitrogens with zero attached hydrogens (tertiary/aromatic N) is 2. The first-order valence-corrected chi connectivity index (χ1v) is 6.51. The number of aliphatic imine (C=N–C) groups is 1. The van der Waals surface area contributed by atoms with E-state index in [1.54, 1.807) is 5.43 Å². The molecular weight excluding hydrogens is 304 g/mol. The highest BCUT2D eigenvalue weighted by molar-refractivity contribution is 7.80. The van der Waals surface area contributed by atoms with Crippen molar-refractivity contribution in [2.24, 2.45) is 16.5 Å². The van der Waals surface area contributed by atoms with Gasteiger partial charge in [-0.15, -0.1) is 0 Å². The van der Waals surface area contributed by atoms with Crippen molar-refractivity contribution in [3.63, 3.8) is 0 Å². The van der Waals surface area contributed by atoms with Crippen LogP contribution in [-0.2, 0) is 9.59 Å². The number of hydrogen-bond donors (Lipinski definition) is 6. The molecule has 2 atom stereocenters. The number of carbonyl (C=O) groups is 2. The maximum atomic E-state index is 11.5. The van der Waals surface area contributed by atoms with Gasteiger partial charge in [-0.25, -0.2) is 19.9 Å². The summed E-state index contributed by atoms with van der Waals surface area (Å²) in [6.07, 6.45) is 0.336. The van der Waals surface area contributed by atoms with Crippen molar-refractivity contribution in [3.8, 4) is 0 Å². The fourth-order valence-corrected chi connectivity index (χ4v) is 1.41. The largest absolute Gasteiger partial charge is 0.480 e. The third-order valence-corrected chi connectivity index (χ3v) is 2.68. The van der Waals surface area contributed by atoms with E-state index >= 15 is 0 Å². The predicted octanol–water partition coefficient (Wildman–Crippen LogP) is -2.31. The maximum absolute atomic E-state index is 11.5. The van der Waals surface area contributed by atoms with Crippen LogP contribution in [0.5, 0.6) is 0 Å². The summed E-state index contributed by atoms with van der Waals surface area (Å²) in [6, 6.07) is -2.02. The van der Waals surface area contributed by atoms with Crippen molar-refractivity contribution >= 4 is 30.5 Å². The Morgan fingerprint density at radius 2 is 2.10 bits per heavy atom. The molecule has 0 rings (SSSR count). The number of aliphatic carboxylic acids is 1. The zero-order valence-corrected chi connectivity index (χ0v) is 12.0. The summed E-state index contributed by atoms with van der Waals surface area (Å²) in [5, 5.41) is 20.4. The number of nitro groups is 1. The standard InChI is InChI=1S/C9H18N6O5S/c10-5(4-21)7(16)13-6(8(17)18)2-1-3-12-9(11)14-15(19)20/h5-6,21H,1-4,10H2,(H,13,16)(H,17,18)(H3,11,12,14). The molecule has 0 bridgehead atoms. The molecule has 21 heavy (non-hydrogen) atoms. The topological polar surface area (TPSA) is 186 Å². The van der Waals surface area contributed by atoms with E-state index in [0.717, 1.165) is 0 Å². The molecule has 7 N–H and O–H groups in total. The summed E-state index contributed by atoms with van der Waals surface area (Å²) in [7, 11) is 0. The number of guanidine groups is 1. The summed E-state index contributed by atoms with van der Waals surface area (Å²) in [5.41, 5.74) is 12.2. The van der Waals surface area contributed by atoms with Crippen LogP contribution in [0.3, 0.4) is 0 Å². The first-order chi connectivity index (χ1) is 9.77. The molecule has 1 amide bonds. The summed E-state index contributed by atoms with van der Waals surface area (Å²) >= 11 is 3.84. The third kappa shape index (κ3) is 8.65. The zero-order valence-electron chi connectivity index (χ0n) is 11.1. The lowest BCUT2D eigenvalue weighted by Gasteiger charge is -2.16. The third-order valence-electron chi connectivity index (χ3n) is 2.29. The molecular formula is C9H18N6O5S. The van der Waals surface area contributed by atoms with Crippen LogP contribution < -0.4 is 22.2 Å². The van der Waals surface area contributed by atoms with E-state index in [1.165, 1.54) is 0 Å². The van der Waals surface area contributed by atoms with Gasteiger partial charge in [0.2, 0.25) is 5.91 Å². The summed E-state index contributed by atoms with van der Waals surface area (Å²) < 4.78 is 0. The van der Waals surface area contributed by atoms with E-state index in [-0.39, 0.29) is 31.1 Å². The minimum absolute atomic E-state index is 0.0744. The molecule has 0 aliphatic rings. The van der Waals surface area contributed by atoms with Gasteiger partial charge in [-0.1, -0.05) is 5.43 Å². The molecule has 0 saturated carbocycles. The molecule has 0 heterocycles. The van der Waals surface area contributed by atoms with Crippen LogP contribution in [0.15, 0.2) is 4.99 Å². The molecule has 0 saturated heterocycles. The van der Waals surface area contributed by atoms with E-state index in [2.05, 4.69) is 22.9 Å². The molecule has 12 heteroatoms. The van der Waals surface area contributed by atoms with Crippen LogP contribution in [-0.4, -0.2) is 52.4 Å². The second-order valence-corrected chi connectivity index (χ2v) is 4.33. The van der Waals surface area contributed by atoms with Crippen LogP contribution in [0.2, 0.25) is 0 Å². The lowest BCUT2D eigenvalue weighted by molar-refractivity contribution is -0.525. The van der Waals surface area contributed by atoms with Gasteiger partial charge in [0.05, 0.1) is 6.04 Å². The molecule has 120 valence electrons. The summed E-state index contributed by atoms with van der Waals surface area (Å²) in [5.74, 6) is -2.12. The normalized spacial score (nSPS) is 14.1. The average Bonchev–Trinajstić information content (AvgIpc) is 2.39. The number of carbonyl (C=O) groups excluding carboxylic acids is 1. The number of carboxylic acid groups (broad SMARTS) is 1. The van der Waals surface area contributed by atoms with Gasteiger partial charge in [-0.3, -0.25) is 4.79 Å². The average molecular weight is 322 g/mol. The van der Waals surface area contributed by atoms with Gasteiger partial charge in [0.1, 0.15) is 6.04 Å². The van der Waals surface area contributed by atoms with E-state index in [0.29, 0.717) is 0 Å². The smallest absolute Gasteiger partial charge is 0.326 e. The fourth-order valence-electron chi connectivity index (χ4n) is 1.24. The molecule has 2 unspecified atom stereocenters. The van der Waals surface area contributed by atoms with E-state index < -0.39 is 29.0 Å². The van der Waals surface area contributed by atoms with Crippen LogP contribution in [0, 0.1) is 10.1 Å². The maximum Gasteiger partial charge on any atom is 0.326 e. The Balaban J connectivity index is 4.26. The van der Waals surface area contributed by atoms with Crippen molar-refractivity contribution in [2.45, 2.75) is 24.9 Å². The number of thiol groups is 1. The molecule has 0 aliphatic carbocycles. The fraction of sp³-hybridized carbons (Fsp3) is 0.667. The Morgan fingerprint density at radius 3 is 2.57 bits per heavy atom. The second-order valence-electron chi connectivity index (χ2n) is 3.97. The minimum atomic E-state index is -1.21. The van der Waals surface area contributed by atoms with E-state index in [9.17, 15) is 19.7 Å². The number of hydrazine groups is 1. The molecule has 0 aromatic heterocycles. The quantitative estimate of drug-likeness (QED) is 0.0682. The van der Waals surface area contributed by atoms with Gasteiger partial charge in [-0.05, 0) is 12.8 Å². The van der Waals surface area contributed by atoms with E-state index in [4.69, 9.17) is 16.6 Å². The van der Waals surface area contributed by atoms with Crippen molar-refractivity contribution in [3.05, 3.63) is 10.1 Å². The van der Waals surface area contributed by atoms with Gasteiger partial charge in [0.15, 0.2) is 5.03 Å². The Kier molecular flexibility index (Phi) is 8.80. The molecule has 0 fully saturated rings. The Bertz CT molecular complexity index is 417. The first-order valence-electron chi connectivity index (χ1n) is 5.88. The SMILES string of the molecule is NC(=NCCCC(NC(=O)C(N)CS)C(=O)O)N[N+](=O)[O-]. The lowest BCUT2D eigenvalue weighted by atomic mass is 10.1. The highest BCUT2D eigenvalue weighted by Crippen LogP contribution is 1.99. The van der Waals surface area contributed by atoms with Crippen molar-refractivity contribution in [1.29, 1.82) is 0 Å². The molecule has 0 spiro atoms. The zero-order chi connectivity index (χ0) is 16.4. The Morgan fingerprint density at radius 1 is 1.48 bits per heavy atom. The second kappa shape index (κ2) is 9.77. The number of rotatable bonds is 9. The summed E-state index contributed by atoms with van der Waals surface area (Å²) in [4.78, 5) is 36.1. The number of nitrogens with two attached hydrogens (primary N) is 2. The van der Waals surface area contributed by atoms with Gasteiger partial charge >= 0.3 is 5.97 Å². The highest BCUT2D eigenvalue weighted by Gasteiger charge is 2.22. The summed E-state index contributed by atoms with van der Waals surface area (Å²) in [6.45, 7) is 0.0744. The van der Waals surface area contributed by atoms with Crippen molar-refractivity contribution in [1.82, 2.24) is 10.7 Å². The van der Waals surface area contributed by atoms with Crippen LogP contribution in [0.25, 0.3) is 0 Å².